The Morgan fingerprint density at radius 1 is 1.39 bits per heavy atom. The molecule has 0 amide bonds. The first kappa shape index (κ1) is 11.2. The van der Waals surface area contributed by atoms with Gasteiger partial charge in [-0.3, -0.25) is 0 Å². The molecule has 0 aliphatic heterocycles. The first-order chi connectivity index (χ1) is 8.76. The SMILES string of the molecule is Cc1ccc(C#N)c(Nc2nc3c(s2)CCC3)c1. The van der Waals surface area contributed by atoms with Crippen molar-refractivity contribution in [1.29, 1.82) is 5.26 Å². The molecule has 1 heterocycles. The molecule has 0 saturated carbocycles. The van der Waals surface area contributed by atoms with Crippen LogP contribution in [0.25, 0.3) is 0 Å². The third-order valence-electron chi connectivity index (χ3n) is 3.13. The normalized spacial score (nSPS) is 13.1. The molecule has 0 atom stereocenters. The zero-order valence-corrected chi connectivity index (χ0v) is 11.0. The molecule has 0 spiro atoms. The van der Waals surface area contributed by atoms with Gasteiger partial charge in [-0.15, -0.1) is 11.3 Å². The minimum atomic E-state index is 0.663. The van der Waals surface area contributed by atoms with Crippen molar-refractivity contribution in [2.75, 3.05) is 5.32 Å². The molecule has 2 aromatic rings. The van der Waals surface area contributed by atoms with Crippen LogP contribution >= 0.6 is 11.3 Å². The highest BCUT2D eigenvalue weighted by Gasteiger charge is 2.17. The van der Waals surface area contributed by atoms with Crippen LogP contribution < -0.4 is 5.32 Å². The molecule has 3 rings (SSSR count). The summed E-state index contributed by atoms with van der Waals surface area (Å²) in [6.07, 6.45) is 3.46. The third-order valence-corrected chi connectivity index (χ3v) is 4.21. The summed E-state index contributed by atoms with van der Waals surface area (Å²) in [6.45, 7) is 2.02. The second kappa shape index (κ2) is 4.43. The molecule has 90 valence electrons. The zero-order valence-electron chi connectivity index (χ0n) is 10.2. The number of nitriles is 1. The van der Waals surface area contributed by atoms with E-state index in [4.69, 9.17) is 5.26 Å². The fraction of sp³-hybridized carbons (Fsp3) is 0.286. The lowest BCUT2D eigenvalue weighted by Gasteiger charge is -2.06. The van der Waals surface area contributed by atoms with Crippen molar-refractivity contribution in [3.63, 3.8) is 0 Å². The van der Waals surface area contributed by atoms with E-state index in [-0.39, 0.29) is 0 Å². The molecular weight excluding hydrogens is 242 g/mol. The molecule has 0 radical (unpaired) electrons. The molecule has 4 heteroatoms. The Bertz CT molecular complexity index is 615. The Morgan fingerprint density at radius 2 is 2.28 bits per heavy atom. The van der Waals surface area contributed by atoms with Crippen LogP contribution in [0.2, 0.25) is 0 Å². The van der Waals surface area contributed by atoms with Crippen LogP contribution in [0.4, 0.5) is 10.8 Å². The predicted octanol–water partition coefficient (Wildman–Crippen LogP) is 3.56. The average Bonchev–Trinajstić information content (AvgIpc) is 2.90. The van der Waals surface area contributed by atoms with E-state index in [2.05, 4.69) is 16.4 Å². The largest absolute Gasteiger partial charge is 0.330 e. The molecule has 1 N–H and O–H groups in total. The van der Waals surface area contributed by atoms with E-state index in [1.807, 2.05) is 25.1 Å². The zero-order chi connectivity index (χ0) is 12.5. The predicted molar refractivity (Wildman–Crippen MR) is 73.3 cm³/mol. The molecule has 1 aliphatic rings. The van der Waals surface area contributed by atoms with Crippen LogP contribution in [0.5, 0.6) is 0 Å². The van der Waals surface area contributed by atoms with Crippen molar-refractivity contribution in [3.8, 4) is 6.07 Å². The molecule has 18 heavy (non-hydrogen) atoms. The number of anilines is 2. The van der Waals surface area contributed by atoms with E-state index >= 15 is 0 Å². The topological polar surface area (TPSA) is 48.7 Å². The van der Waals surface area contributed by atoms with Crippen LogP contribution in [-0.4, -0.2) is 4.98 Å². The van der Waals surface area contributed by atoms with Gasteiger partial charge in [0.1, 0.15) is 6.07 Å². The Morgan fingerprint density at radius 3 is 3.06 bits per heavy atom. The molecule has 1 aliphatic carbocycles. The maximum Gasteiger partial charge on any atom is 0.187 e. The second-order valence-electron chi connectivity index (χ2n) is 4.53. The first-order valence-corrected chi connectivity index (χ1v) is 6.84. The Hall–Kier alpha value is -1.86. The Labute approximate surface area is 110 Å². The highest BCUT2D eigenvalue weighted by Crippen LogP contribution is 2.32. The summed E-state index contributed by atoms with van der Waals surface area (Å²) in [5.74, 6) is 0. The molecule has 0 bridgehead atoms. The molecule has 0 fully saturated rings. The average molecular weight is 255 g/mol. The lowest BCUT2D eigenvalue weighted by Crippen LogP contribution is -1.94. The summed E-state index contributed by atoms with van der Waals surface area (Å²) in [5, 5.41) is 13.3. The van der Waals surface area contributed by atoms with Gasteiger partial charge in [0, 0.05) is 4.88 Å². The summed E-state index contributed by atoms with van der Waals surface area (Å²) in [6, 6.07) is 7.99. The standard InChI is InChI=1S/C14H13N3S/c1-9-5-6-10(8-15)12(7-9)17-14-16-11-3-2-4-13(11)18-14/h5-7H,2-4H2,1H3,(H,16,17). The van der Waals surface area contributed by atoms with Crippen LogP contribution in [0.3, 0.4) is 0 Å². The van der Waals surface area contributed by atoms with Gasteiger partial charge in [0.2, 0.25) is 0 Å². The summed E-state index contributed by atoms with van der Waals surface area (Å²) in [7, 11) is 0. The molecule has 1 aromatic heterocycles. The minimum Gasteiger partial charge on any atom is -0.330 e. The number of aromatic nitrogens is 1. The maximum atomic E-state index is 9.10. The van der Waals surface area contributed by atoms with Crippen LogP contribution in [0.1, 0.15) is 28.1 Å². The van der Waals surface area contributed by atoms with Gasteiger partial charge < -0.3 is 5.32 Å². The van der Waals surface area contributed by atoms with Crippen molar-refractivity contribution < 1.29 is 0 Å². The molecule has 0 unspecified atom stereocenters. The number of benzene rings is 1. The number of nitrogens with zero attached hydrogens (tertiary/aromatic N) is 2. The minimum absolute atomic E-state index is 0.663. The molecule has 1 aromatic carbocycles. The van der Waals surface area contributed by atoms with Crippen molar-refractivity contribution in [2.45, 2.75) is 26.2 Å². The summed E-state index contributed by atoms with van der Waals surface area (Å²) in [5.41, 5.74) is 3.88. The van der Waals surface area contributed by atoms with E-state index < -0.39 is 0 Å². The van der Waals surface area contributed by atoms with Gasteiger partial charge in [-0.1, -0.05) is 6.07 Å². The number of nitrogens with one attached hydrogen (secondary N) is 1. The van der Waals surface area contributed by atoms with Crippen molar-refractivity contribution in [1.82, 2.24) is 4.98 Å². The highest BCUT2D eigenvalue weighted by atomic mass is 32.1. The van der Waals surface area contributed by atoms with Gasteiger partial charge in [-0.2, -0.15) is 5.26 Å². The number of fused-ring (bicyclic) bond motifs is 1. The summed E-state index contributed by atoms with van der Waals surface area (Å²) in [4.78, 5) is 5.98. The van der Waals surface area contributed by atoms with E-state index in [1.165, 1.54) is 17.0 Å². The van der Waals surface area contributed by atoms with Gasteiger partial charge in [0.05, 0.1) is 16.9 Å². The highest BCUT2D eigenvalue weighted by molar-refractivity contribution is 7.15. The molecule has 3 nitrogen and oxygen atoms in total. The van der Waals surface area contributed by atoms with Crippen LogP contribution in [0, 0.1) is 18.3 Å². The third kappa shape index (κ3) is 1.98. The van der Waals surface area contributed by atoms with E-state index in [0.717, 1.165) is 29.2 Å². The number of hydrogen-bond acceptors (Lipinski definition) is 4. The van der Waals surface area contributed by atoms with E-state index in [1.54, 1.807) is 11.3 Å². The van der Waals surface area contributed by atoms with E-state index in [9.17, 15) is 0 Å². The number of rotatable bonds is 2. The summed E-state index contributed by atoms with van der Waals surface area (Å²) < 4.78 is 0. The van der Waals surface area contributed by atoms with Crippen LogP contribution in [0.15, 0.2) is 18.2 Å². The van der Waals surface area contributed by atoms with E-state index in [0.29, 0.717) is 5.56 Å². The Balaban J connectivity index is 1.92. The second-order valence-corrected chi connectivity index (χ2v) is 5.61. The number of thiazole rings is 1. The van der Waals surface area contributed by atoms with Gasteiger partial charge in [-0.05, 0) is 43.9 Å². The molecule has 0 saturated heterocycles. The van der Waals surface area contributed by atoms with Crippen molar-refractivity contribution >= 4 is 22.2 Å². The lowest BCUT2D eigenvalue weighted by atomic mass is 10.1. The fourth-order valence-corrected chi connectivity index (χ4v) is 3.28. The summed E-state index contributed by atoms with van der Waals surface area (Å²) >= 11 is 1.71. The van der Waals surface area contributed by atoms with Crippen molar-refractivity contribution in [3.05, 3.63) is 39.9 Å². The number of hydrogen-bond donors (Lipinski definition) is 1. The Kier molecular flexibility index (Phi) is 2.77. The molecular formula is C14H13N3S. The quantitative estimate of drug-likeness (QED) is 0.892. The first-order valence-electron chi connectivity index (χ1n) is 6.02. The van der Waals surface area contributed by atoms with Gasteiger partial charge in [-0.25, -0.2) is 4.98 Å². The van der Waals surface area contributed by atoms with Gasteiger partial charge in [0.25, 0.3) is 0 Å². The number of aryl methyl sites for hydroxylation is 3. The van der Waals surface area contributed by atoms with Crippen LogP contribution in [-0.2, 0) is 12.8 Å². The smallest absolute Gasteiger partial charge is 0.187 e. The fourth-order valence-electron chi connectivity index (χ4n) is 2.22. The maximum absolute atomic E-state index is 9.10. The monoisotopic (exact) mass is 255 g/mol. The van der Waals surface area contributed by atoms with Crippen molar-refractivity contribution in [2.24, 2.45) is 0 Å². The van der Waals surface area contributed by atoms with Gasteiger partial charge >= 0.3 is 0 Å². The lowest BCUT2D eigenvalue weighted by molar-refractivity contribution is 0.900. The van der Waals surface area contributed by atoms with Gasteiger partial charge in [0.15, 0.2) is 5.13 Å².